The number of rotatable bonds is 7. The van der Waals surface area contributed by atoms with E-state index in [0.29, 0.717) is 40.2 Å². The van der Waals surface area contributed by atoms with Gasteiger partial charge in [0.15, 0.2) is 6.79 Å². The molecule has 2 aromatic carbocycles. The van der Waals surface area contributed by atoms with Crippen molar-refractivity contribution in [3.8, 4) is 5.75 Å². The van der Waals surface area contributed by atoms with Crippen molar-refractivity contribution in [1.82, 2.24) is 10.2 Å². The quantitative estimate of drug-likeness (QED) is 0.317. The molecule has 29 heavy (non-hydrogen) atoms. The standard InChI is InChI=1S/C20H19N3O5S/c1-13(14-5-3-2-4-6-14)7-18-21-22-20(28-18)29-11-16-9-17(23(24)25)8-15-10-26-12-27-19(15)16/h2-6,8-9,13H,7,10-12H2,1H3. The van der Waals surface area contributed by atoms with Crippen LogP contribution in [-0.4, -0.2) is 21.9 Å². The summed E-state index contributed by atoms with van der Waals surface area (Å²) in [5.41, 5.74) is 2.60. The first-order valence-electron chi connectivity index (χ1n) is 9.11. The first-order valence-corrected chi connectivity index (χ1v) is 10.1. The molecule has 2 heterocycles. The predicted octanol–water partition coefficient (Wildman–Crippen LogP) is 4.48. The van der Waals surface area contributed by atoms with Gasteiger partial charge < -0.3 is 13.9 Å². The van der Waals surface area contributed by atoms with Crippen molar-refractivity contribution in [2.75, 3.05) is 6.79 Å². The van der Waals surface area contributed by atoms with Gasteiger partial charge in [0.2, 0.25) is 5.89 Å². The Balaban J connectivity index is 1.45. The van der Waals surface area contributed by atoms with Gasteiger partial charge in [-0.05, 0) is 11.5 Å². The largest absolute Gasteiger partial charge is 0.467 e. The van der Waals surface area contributed by atoms with E-state index < -0.39 is 4.92 Å². The molecule has 150 valence electrons. The summed E-state index contributed by atoms with van der Waals surface area (Å²) < 4.78 is 16.6. The van der Waals surface area contributed by atoms with Crippen LogP contribution in [0.1, 0.15) is 35.4 Å². The maximum Gasteiger partial charge on any atom is 0.276 e. The van der Waals surface area contributed by atoms with Gasteiger partial charge in [-0.1, -0.05) is 49.0 Å². The van der Waals surface area contributed by atoms with Crippen LogP contribution >= 0.6 is 11.8 Å². The Bertz CT molecular complexity index is 1010. The number of benzene rings is 2. The molecule has 1 unspecified atom stereocenters. The van der Waals surface area contributed by atoms with Gasteiger partial charge in [-0.3, -0.25) is 10.1 Å². The zero-order valence-corrected chi connectivity index (χ0v) is 16.6. The summed E-state index contributed by atoms with van der Waals surface area (Å²) in [6.45, 7) is 2.53. The van der Waals surface area contributed by atoms with Gasteiger partial charge in [0.1, 0.15) is 5.75 Å². The van der Waals surface area contributed by atoms with Crippen LogP contribution in [-0.2, 0) is 23.5 Å². The molecular formula is C20H19N3O5S. The second kappa shape index (κ2) is 8.62. The number of nitrogens with zero attached hydrogens (tertiary/aromatic N) is 3. The molecule has 0 saturated carbocycles. The molecular weight excluding hydrogens is 394 g/mol. The van der Waals surface area contributed by atoms with E-state index in [1.165, 1.54) is 29.5 Å². The summed E-state index contributed by atoms with van der Waals surface area (Å²) in [6.07, 6.45) is 0.643. The lowest BCUT2D eigenvalue weighted by atomic mass is 9.98. The van der Waals surface area contributed by atoms with E-state index in [9.17, 15) is 10.1 Å². The first kappa shape index (κ1) is 19.4. The van der Waals surface area contributed by atoms with E-state index in [-0.39, 0.29) is 25.0 Å². The molecule has 3 aromatic rings. The molecule has 1 aromatic heterocycles. The van der Waals surface area contributed by atoms with Gasteiger partial charge in [-0.25, -0.2) is 0 Å². The van der Waals surface area contributed by atoms with Crippen molar-refractivity contribution in [3.05, 3.63) is 75.2 Å². The highest BCUT2D eigenvalue weighted by atomic mass is 32.2. The van der Waals surface area contributed by atoms with Gasteiger partial charge in [0.25, 0.3) is 10.9 Å². The van der Waals surface area contributed by atoms with E-state index >= 15 is 0 Å². The van der Waals surface area contributed by atoms with Crippen LogP contribution in [0.15, 0.2) is 52.1 Å². The zero-order valence-electron chi connectivity index (χ0n) is 15.7. The lowest BCUT2D eigenvalue weighted by molar-refractivity contribution is -0.385. The minimum atomic E-state index is -0.418. The molecule has 8 nitrogen and oxygen atoms in total. The summed E-state index contributed by atoms with van der Waals surface area (Å²) in [4.78, 5) is 10.8. The minimum Gasteiger partial charge on any atom is -0.467 e. The number of hydrogen-bond acceptors (Lipinski definition) is 8. The Morgan fingerprint density at radius 3 is 2.86 bits per heavy atom. The summed E-state index contributed by atoms with van der Waals surface area (Å²) >= 11 is 1.33. The van der Waals surface area contributed by atoms with E-state index in [1.54, 1.807) is 0 Å². The van der Waals surface area contributed by atoms with Gasteiger partial charge in [-0.15, -0.1) is 10.2 Å². The number of hydrogen-bond donors (Lipinski definition) is 0. The van der Waals surface area contributed by atoms with Crippen LogP contribution in [0.4, 0.5) is 5.69 Å². The van der Waals surface area contributed by atoms with Crippen molar-refractivity contribution in [1.29, 1.82) is 0 Å². The summed E-state index contributed by atoms with van der Waals surface area (Å²) in [6, 6.07) is 13.2. The van der Waals surface area contributed by atoms with Crippen LogP contribution in [0.3, 0.4) is 0 Å². The first-order chi connectivity index (χ1) is 14.1. The molecule has 9 heteroatoms. The third kappa shape index (κ3) is 4.57. The van der Waals surface area contributed by atoms with E-state index in [2.05, 4.69) is 29.3 Å². The van der Waals surface area contributed by atoms with Gasteiger partial charge >= 0.3 is 0 Å². The number of thioether (sulfide) groups is 1. The number of aromatic nitrogens is 2. The average molecular weight is 413 g/mol. The minimum absolute atomic E-state index is 0.0105. The van der Waals surface area contributed by atoms with Crippen LogP contribution in [0, 0.1) is 10.1 Å². The molecule has 4 rings (SSSR count). The topological polar surface area (TPSA) is 101 Å². The lowest BCUT2D eigenvalue weighted by Crippen LogP contribution is -2.13. The molecule has 0 aliphatic carbocycles. The van der Waals surface area contributed by atoms with Crippen molar-refractivity contribution < 1.29 is 18.8 Å². The van der Waals surface area contributed by atoms with Crippen LogP contribution in [0.25, 0.3) is 0 Å². The number of non-ortho nitro benzene ring substituents is 1. The van der Waals surface area contributed by atoms with Crippen molar-refractivity contribution in [2.45, 2.75) is 36.8 Å². The highest BCUT2D eigenvalue weighted by Crippen LogP contribution is 2.36. The highest BCUT2D eigenvalue weighted by Gasteiger charge is 2.22. The number of nitro groups is 1. The van der Waals surface area contributed by atoms with Gasteiger partial charge in [0, 0.05) is 35.4 Å². The molecule has 0 saturated heterocycles. The summed E-state index contributed by atoms with van der Waals surface area (Å²) in [5, 5.41) is 19.9. The molecule has 0 radical (unpaired) electrons. The maximum atomic E-state index is 11.2. The molecule has 0 bridgehead atoms. The van der Waals surface area contributed by atoms with Gasteiger partial charge in [0.05, 0.1) is 11.5 Å². The third-order valence-electron chi connectivity index (χ3n) is 4.63. The number of fused-ring (bicyclic) bond motifs is 1. The number of ether oxygens (including phenoxy) is 2. The van der Waals surface area contributed by atoms with Gasteiger partial charge in [-0.2, -0.15) is 0 Å². The average Bonchev–Trinajstić information content (AvgIpc) is 3.19. The molecule has 1 aliphatic rings. The second-order valence-corrected chi connectivity index (χ2v) is 7.65. The third-order valence-corrected chi connectivity index (χ3v) is 5.50. The van der Waals surface area contributed by atoms with Crippen molar-refractivity contribution >= 4 is 17.4 Å². The molecule has 1 aliphatic heterocycles. The molecule has 0 fully saturated rings. The van der Waals surface area contributed by atoms with E-state index in [0.717, 1.165) is 0 Å². The molecule has 0 spiro atoms. The van der Waals surface area contributed by atoms with Crippen molar-refractivity contribution in [2.24, 2.45) is 0 Å². The Kier molecular flexibility index (Phi) is 5.77. The SMILES string of the molecule is CC(Cc1nnc(SCc2cc([N+](=O)[O-])cc3c2OCOC3)o1)c1ccccc1. The molecule has 0 N–H and O–H groups in total. The van der Waals surface area contributed by atoms with E-state index in [1.807, 2.05) is 18.2 Å². The Labute approximate surface area is 171 Å². The zero-order chi connectivity index (χ0) is 20.2. The summed E-state index contributed by atoms with van der Waals surface area (Å²) in [7, 11) is 0. The van der Waals surface area contributed by atoms with Crippen LogP contribution in [0.5, 0.6) is 5.75 Å². The van der Waals surface area contributed by atoms with Crippen molar-refractivity contribution in [3.63, 3.8) is 0 Å². The lowest BCUT2D eigenvalue weighted by Gasteiger charge is -2.20. The normalized spacial score (nSPS) is 14.1. The summed E-state index contributed by atoms with van der Waals surface area (Å²) in [5.74, 6) is 1.87. The molecule has 0 amide bonds. The van der Waals surface area contributed by atoms with Crippen LogP contribution in [0.2, 0.25) is 0 Å². The van der Waals surface area contributed by atoms with E-state index in [4.69, 9.17) is 13.9 Å². The van der Waals surface area contributed by atoms with Crippen LogP contribution < -0.4 is 4.74 Å². The fraction of sp³-hybridized carbons (Fsp3) is 0.300. The fourth-order valence-corrected chi connectivity index (χ4v) is 3.92. The fourth-order valence-electron chi connectivity index (χ4n) is 3.17. The monoisotopic (exact) mass is 413 g/mol. The number of nitro benzene ring substituents is 1. The Morgan fingerprint density at radius 1 is 1.24 bits per heavy atom. The Morgan fingerprint density at radius 2 is 2.07 bits per heavy atom. The molecule has 1 atom stereocenters. The highest BCUT2D eigenvalue weighted by molar-refractivity contribution is 7.98. The predicted molar refractivity (Wildman–Crippen MR) is 106 cm³/mol. The maximum absolute atomic E-state index is 11.2. The smallest absolute Gasteiger partial charge is 0.276 e. The second-order valence-electron chi connectivity index (χ2n) is 6.73. The Hall–Kier alpha value is -2.91.